The highest BCUT2D eigenvalue weighted by molar-refractivity contribution is 6.05. The molecule has 0 amide bonds. The molecule has 0 radical (unpaired) electrons. The first-order valence-corrected chi connectivity index (χ1v) is 12.3. The monoisotopic (exact) mass is 452 g/mol. The maximum Gasteiger partial charge on any atom is 0.127 e. The number of aryl methyl sites for hydroxylation is 2. The first-order valence-electron chi connectivity index (χ1n) is 12.3. The van der Waals surface area contributed by atoms with Gasteiger partial charge in [0, 0.05) is 10.9 Å². The molecule has 174 valence electrons. The maximum absolute atomic E-state index is 11.1. The zero-order valence-corrected chi connectivity index (χ0v) is 20.1. The molecular weight excluding hydrogens is 420 g/mol. The zero-order chi connectivity index (χ0) is 23.5. The summed E-state index contributed by atoms with van der Waals surface area (Å²) < 4.78 is 11.1. The van der Waals surface area contributed by atoms with E-state index < -0.39 is 0 Å². The van der Waals surface area contributed by atoms with Crippen LogP contribution < -0.4 is 9.47 Å². The summed E-state index contributed by atoms with van der Waals surface area (Å²) in [6.45, 7) is 0. The van der Waals surface area contributed by atoms with Crippen LogP contribution in [0.1, 0.15) is 43.2 Å². The van der Waals surface area contributed by atoms with Crippen LogP contribution in [0.4, 0.5) is 0 Å². The molecule has 0 heterocycles. The summed E-state index contributed by atoms with van der Waals surface area (Å²) in [6, 6.07) is 23.0. The number of fused-ring (bicyclic) bond motifs is 5. The van der Waals surface area contributed by atoms with E-state index in [0.717, 1.165) is 52.7 Å². The SMILES string of the molecule is COc1ccc(-c2cc3c4c(cc(O)c3cc2OC)CCCCCCCc2ccccc2-4)cc1. The van der Waals surface area contributed by atoms with Crippen LogP contribution >= 0.6 is 0 Å². The molecular formula is C31H32O3. The topological polar surface area (TPSA) is 38.7 Å². The van der Waals surface area contributed by atoms with Crippen molar-refractivity contribution in [1.82, 2.24) is 0 Å². The third-order valence-corrected chi connectivity index (χ3v) is 7.10. The molecule has 1 N–H and O–H groups in total. The molecule has 1 aliphatic carbocycles. The fraction of sp³-hybridized carbons (Fsp3) is 0.290. The number of benzene rings is 4. The van der Waals surface area contributed by atoms with Gasteiger partial charge in [0.15, 0.2) is 0 Å². The summed E-state index contributed by atoms with van der Waals surface area (Å²) in [5.41, 5.74) is 7.22. The number of hydrogen-bond acceptors (Lipinski definition) is 3. The predicted molar refractivity (Wildman–Crippen MR) is 140 cm³/mol. The Kier molecular flexibility index (Phi) is 6.44. The molecule has 34 heavy (non-hydrogen) atoms. The highest BCUT2D eigenvalue weighted by Gasteiger charge is 2.19. The normalized spacial score (nSPS) is 14.1. The second-order valence-corrected chi connectivity index (χ2v) is 9.18. The van der Waals surface area contributed by atoms with Gasteiger partial charge in [-0.15, -0.1) is 0 Å². The Labute approximate surface area is 202 Å². The molecule has 1 aliphatic rings. The minimum atomic E-state index is 0.320. The van der Waals surface area contributed by atoms with Gasteiger partial charge in [0.25, 0.3) is 0 Å². The average Bonchev–Trinajstić information content (AvgIpc) is 2.91. The summed E-state index contributed by atoms with van der Waals surface area (Å²) in [4.78, 5) is 0. The molecule has 4 aromatic rings. The molecule has 3 heteroatoms. The fourth-order valence-electron chi connectivity index (χ4n) is 5.31. The Bertz CT molecular complexity index is 1300. The molecule has 0 spiro atoms. The number of ether oxygens (including phenoxy) is 2. The highest BCUT2D eigenvalue weighted by atomic mass is 16.5. The summed E-state index contributed by atoms with van der Waals surface area (Å²) in [5, 5.41) is 13.0. The van der Waals surface area contributed by atoms with Crippen LogP contribution in [0.2, 0.25) is 0 Å². The van der Waals surface area contributed by atoms with Crippen LogP contribution in [0.3, 0.4) is 0 Å². The van der Waals surface area contributed by atoms with Crippen LogP contribution in [0.15, 0.2) is 66.7 Å². The molecule has 3 nitrogen and oxygen atoms in total. The lowest BCUT2D eigenvalue weighted by atomic mass is 9.86. The Hall–Kier alpha value is -3.46. The molecule has 0 atom stereocenters. The second kappa shape index (κ2) is 9.80. The van der Waals surface area contributed by atoms with Gasteiger partial charge in [-0.05, 0) is 89.2 Å². The van der Waals surface area contributed by atoms with E-state index in [1.807, 2.05) is 24.3 Å². The number of phenolic OH excluding ortho intramolecular Hbond substituents is 1. The van der Waals surface area contributed by atoms with Crippen LogP contribution in [0.25, 0.3) is 33.0 Å². The van der Waals surface area contributed by atoms with Gasteiger partial charge in [0.1, 0.15) is 17.2 Å². The molecule has 0 aliphatic heterocycles. The molecule has 0 saturated heterocycles. The molecule has 4 aromatic carbocycles. The Morgan fingerprint density at radius 2 is 1.35 bits per heavy atom. The largest absolute Gasteiger partial charge is 0.507 e. The average molecular weight is 453 g/mol. The van der Waals surface area contributed by atoms with Crippen molar-refractivity contribution in [2.24, 2.45) is 0 Å². The van der Waals surface area contributed by atoms with Gasteiger partial charge >= 0.3 is 0 Å². The number of rotatable bonds is 3. The Balaban J connectivity index is 1.81. The number of phenols is 1. The van der Waals surface area contributed by atoms with Crippen molar-refractivity contribution in [3.8, 4) is 39.5 Å². The van der Waals surface area contributed by atoms with Crippen molar-refractivity contribution in [2.45, 2.75) is 44.9 Å². The van der Waals surface area contributed by atoms with E-state index in [1.54, 1.807) is 14.2 Å². The van der Waals surface area contributed by atoms with Gasteiger partial charge in [-0.1, -0.05) is 55.7 Å². The van der Waals surface area contributed by atoms with E-state index in [4.69, 9.17) is 9.47 Å². The lowest BCUT2D eigenvalue weighted by Gasteiger charge is -2.20. The predicted octanol–water partition coefficient (Wildman–Crippen LogP) is 7.95. The Morgan fingerprint density at radius 1 is 0.647 bits per heavy atom. The second-order valence-electron chi connectivity index (χ2n) is 9.18. The molecule has 0 fully saturated rings. The van der Waals surface area contributed by atoms with E-state index >= 15 is 0 Å². The van der Waals surface area contributed by atoms with Crippen molar-refractivity contribution in [2.75, 3.05) is 14.2 Å². The third kappa shape index (κ3) is 4.23. The number of aromatic hydroxyl groups is 1. The van der Waals surface area contributed by atoms with E-state index in [1.165, 1.54) is 47.9 Å². The van der Waals surface area contributed by atoms with Gasteiger partial charge < -0.3 is 14.6 Å². The minimum Gasteiger partial charge on any atom is -0.507 e. The van der Waals surface area contributed by atoms with Gasteiger partial charge in [-0.25, -0.2) is 0 Å². The molecule has 0 aromatic heterocycles. The molecule has 0 unspecified atom stereocenters. The fourth-order valence-corrected chi connectivity index (χ4v) is 5.31. The van der Waals surface area contributed by atoms with Gasteiger partial charge in [-0.2, -0.15) is 0 Å². The minimum absolute atomic E-state index is 0.320. The van der Waals surface area contributed by atoms with Crippen LogP contribution in [-0.2, 0) is 12.8 Å². The maximum atomic E-state index is 11.1. The van der Waals surface area contributed by atoms with Gasteiger partial charge in [0.05, 0.1) is 14.2 Å². The van der Waals surface area contributed by atoms with E-state index in [0.29, 0.717) is 5.75 Å². The third-order valence-electron chi connectivity index (χ3n) is 7.10. The van der Waals surface area contributed by atoms with E-state index in [2.05, 4.69) is 42.5 Å². The van der Waals surface area contributed by atoms with Crippen molar-refractivity contribution >= 4 is 10.8 Å². The van der Waals surface area contributed by atoms with Crippen LogP contribution in [-0.4, -0.2) is 19.3 Å². The zero-order valence-electron chi connectivity index (χ0n) is 20.1. The van der Waals surface area contributed by atoms with E-state index in [-0.39, 0.29) is 0 Å². The number of methoxy groups -OCH3 is 2. The van der Waals surface area contributed by atoms with Gasteiger partial charge in [0.2, 0.25) is 0 Å². The quantitative estimate of drug-likeness (QED) is 0.343. The summed E-state index contributed by atoms with van der Waals surface area (Å²) >= 11 is 0. The Morgan fingerprint density at radius 3 is 2.09 bits per heavy atom. The first kappa shape index (κ1) is 22.3. The highest BCUT2D eigenvalue weighted by Crippen LogP contribution is 2.44. The lowest BCUT2D eigenvalue weighted by molar-refractivity contribution is 0.414. The van der Waals surface area contributed by atoms with Gasteiger partial charge in [-0.3, -0.25) is 0 Å². The summed E-state index contributed by atoms with van der Waals surface area (Å²) in [5.74, 6) is 1.89. The van der Waals surface area contributed by atoms with Crippen molar-refractivity contribution in [1.29, 1.82) is 0 Å². The van der Waals surface area contributed by atoms with E-state index in [9.17, 15) is 5.11 Å². The first-order chi connectivity index (χ1) is 16.7. The van der Waals surface area contributed by atoms with Crippen LogP contribution in [0, 0.1) is 0 Å². The van der Waals surface area contributed by atoms with Crippen LogP contribution in [0.5, 0.6) is 17.2 Å². The number of hydrogen-bond donors (Lipinski definition) is 1. The summed E-state index contributed by atoms with van der Waals surface area (Å²) in [6.07, 6.45) is 8.19. The van der Waals surface area contributed by atoms with Crippen molar-refractivity contribution in [3.05, 3.63) is 77.9 Å². The lowest BCUT2D eigenvalue weighted by Crippen LogP contribution is -1.98. The standard InChI is InChI=1S/C31H32O3/c1-33-24-16-14-22(15-17-24)26-19-28-27(20-30(26)34-2)29(32)18-23-12-7-5-3-4-6-10-21-11-8-9-13-25(21)31(23)28/h8-9,11,13-20,32H,3-7,10,12H2,1-2H3. The summed E-state index contributed by atoms with van der Waals surface area (Å²) in [7, 11) is 3.36. The molecule has 0 saturated carbocycles. The molecule has 5 rings (SSSR count). The molecule has 0 bridgehead atoms. The van der Waals surface area contributed by atoms with Crippen molar-refractivity contribution in [3.63, 3.8) is 0 Å². The smallest absolute Gasteiger partial charge is 0.127 e. The van der Waals surface area contributed by atoms with Crippen molar-refractivity contribution < 1.29 is 14.6 Å².